The molecule has 0 rings (SSSR count). The lowest BCUT2D eigenvalue weighted by Crippen LogP contribution is -2.09. The van der Waals surface area contributed by atoms with Gasteiger partial charge in [0.2, 0.25) is 0 Å². The third-order valence-electron chi connectivity index (χ3n) is 3.96. The molecule has 132 valence electrons. The van der Waals surface area contributed by atoms with Crippen molar-refractivity contribution in [3.8, 4) is 0 Å². The van der Waals surface area contributed by atoms with E-state index < -0.39 is 6.10 Å². The molecule has 23 heavy (non-hydrogen) atoms. The number of allylic oxidation sites excluding steroid dienone is 4. The molecule has 3 heteroatoms. The van der Waals surface area contributed by atoms with E-state index in [1.165, 1.54) is 11.1 Å². The predicted molar refractivity (Wildman–Crippen MR) is 98.3 cm³/mol. The van der Waals surface area contributed by atoms with Crippen LogP contribution in [0.2, 0.25) is 0 Å². The Morgan fingerprint density at radius 3 is 2.04 bits per heavy atom. The highest BCUT2D eigenvalue weighted by molar-refractivity contribution is 5.08. The summed E-state index contributed by atoms with van der Waals surface area (Å²) in [6.07, 6.45) is 10.6. The largest absolute Gasteiger partial charge is 0.392 e. The van der Waals surface area contributed by atoms with Gasteiger partial charge >= 0.3 is 0 Å². The Morgan fingerprint density at radius 2 is 1.43 bits per heavy atom. The lowest BCUT2D eigenvalue weighted by Gasteiger charge is -2.13. The standard InChI is InChI=1S/C20H34O3/c1-16(7-5-8-17(2)13-14-21)11-12-20(23)19(4)10-6-9-18(3)15-22/h7,9,13,20-23H,4-6,8,10-12,14-15H2,1-3H3. The average Bonchev–Trinajstić information content (AvgIpc) is 2.52. The predicted octanol–water partition coefficient (Wildman–Crippen LogP) is 4.07. The summed E-state index contributed by atoms with van der Waals surface area (Å²) in [5, 5.41) is 27.9. The minimum Gasteiger partial charge on any atom is -0.392 e. The van der Waals surface area contributed by atoms with E-state index in [-0.39, 0.29) is 13.2 Å². The molecule has 0 aliphatic rings. The van der Waals surface area contributed by atoms with E-state index in [9.17, 15) is 5.11 Å². The second kappa shape index (κ2) is 13.3. The molecule has 0 aromatic heterocycles. The topological polar surface area (TPSA) is 60.7 Å². The highest BCUT2D eigenvalue weighted by atomic mass is 16.3. The van der Waals surface area contributed by atoms with Crippen LogP contribution in [0.1, 0.15) is 59.3 Å². The first-order chi connectivity index (χ1) is 10.9. The fourth-order valence-electron chi connectivity index (χ4n) is 2.21. The van der Waals surface area contributed by atoms with Crippen LogP contribution in [0, 0.1) is 0 Å². The summed E-state index contributed by atoms with van der Waals surface area (Å²) in [5.41, 5.74) is 4.30. The fourth-order valence-corrected chi connectivity index (χ4v) is 2.21. The first-order valence-corrected chi connectivity index (χ1v) is 8.45. The van der Waals surface area contributed by atoms with Crippen LogP contribution in [-0.4, -0.2) is 34.6 Å². The lowest BCUT2D eigenvalue weighted by molar-refractivity contribution is 0.197. The molecule has 0 radical (unpaired) electrons. The van der Waals surface area contributed by atoms with Crippen LogP contribution in [0.25, 0.3) is 0 Å². The Morgan fingerprint density at radius 1 is 0.870 bits per heavy atom. The van der Waals surface area contributed by atoms with Gasteiger partial charge in [-0.15, -0.1) is 0 Å². The van der Waals surface area contributed by atoms with E-state index in [0.29, 0.717) is 6.42 Å². The summed E-state index contributed by atoms with van der Waals surface area (Å²) in [6.45, 7) is 10.2. The van der Waals surface area contributed by atoms with Gasteiger partial charge in [-0.1, -0.05) is 41.5 Å². The molecule has 0 saturated heterocycles. The highest BCUT2D eigenvalue weighted by Crippen LogP contribution is 2.17. The van der Waals surface area contributed by atoms with Gasteiger partial charge in [-0.05, 0) is 64.9 Å². The lowest BCUT2D eigenvalue weighted by atomic mass is 9.98. The average molecular weight is 322 g/mol. The minimum absolute atomic E-state index is 0.0893. The van der Waals surface area contributed by atoms with Crippen LogP contribution >= 0.6 is 0 Å². The summed E-state index contributed by atoms with van der Waals surface area (Å²) in [7, 11) is 0. The number of aliphatic hydroxyl groups is 3. The maximum atomic E-state index is 10.1. The van der Waals surface area contributed by atoms with E-state index in [1.54, 1.807) is 0 Å². The quantitative estimate of drug-likeness (QED) is 0.475. The van der Waals surface area contributed by atoms with Crippen LogP contribution in [0.4, 0.5) is 0 Å². The van der Waals surface area contributed by atoms with Gasteiger partial charge in [-0.3, -0.25) is 0 Å². The second-order valence-electron chi connectivity index (χ2n) is 6.28. The van der Waals surface area contributed by atoms with Crippen molar-refractivity contribution in [2.24, 2.45) is 0 Å². The maximum absolute atomic E-state index is 10.1. The number of aliphatic hydroxyl groups excluding tert-OH is 3. The normalized spacial score (nSPS) is 15.0. The van der Waals surface area contributed by atoms with Gasteiger partial charge in [0.1, 0.15) is 0 Å². The monoisotopic (exact) mass is 322 g/mol. The first kappa shape index (κ1) is 21.8. The molecule has 1 atom stereocenters. The smallest absolute Gasteiger partial charge is 0.0750 e. The zero-order chi connectivity index (χ0) is 17.7. The Bertz CT molecular complexity index is 430. The van der Waals surface area contributed by atoms with Crippen LogP contribution in [0.3, 0.4) is 0 Å². The summed E-state index contributed by atoms with van der Waals surface area (Å²) < 4.78 is 0. The second-order valence-corrected chi connectivity index (χ2v) is 6.28. The Hall–Kier alpha value is -1.16. The molecule has 0 aliphatic heterocycles. The van der Waals surface area contributed by atoms with E-state index in [4.69, 9.17) is 10.2 Å². The molecule has 0 fully saturated rings. The molecule has 1 unspecified atom stereocenters. The van der Waals surface area contributed by atoms with Gasteiger partial charge in [0, 0.05) is 0 Å². The highest BCUT2D eigenvalue weighted by Gasteiger charge is 2.08. The zero-order valence-electron chi connectivity index (χ0n) is 15.0. The van der Waals surface area contributed by atoms with Crippen LogP contribution in [0.15, 0.2) is 47.1 Å². The zero-order valence-corrected chi connectivity index (χ0v) is 15.0. The maximum Gasteiger partial charge on any atom is 0.0750 e. The summed E-state index contributed by atoms with van der Waals surface area (Å²) in [4.78, 5) is 0. The van der Waals surface area contributed by atoms with Crippen molar-refractivity contribution in [2.45, 2.75) is 65.4 Å². The number of hydrogen-bond acceptors (Lipinski definition) is 3. The molecule has 0 bridgehead atoms. The molecule has 0 spiro atoms. The van der Waals surface area contributed by atoms with Gasteiger partial charge in [-0.25, -0.2) is 0 Å². The molecular formula is C20H34O3. The number of rotatable bonds is 12. The first-order valence-electron chi connectivity index (χ1n) is 8.45. The summed E-state index contributed by atoms with van der Waals surface area (Å²) in [5.74, 6) is 0. The van der Waals surface area contributed by atoms with E-state index in [0.717, 1.165) is 43.3 Å². The Labute approximate surface area is 141 Å². The molecule has 3 N–H and O–H groups in total. The van der Waals surface area contributed by atoms with Gasteiger partial charge in [0.15, 0.2) is 0 Å². The van der Waals surface area contributed by atoms with E-state index in [1.807, 2.05) is 26.0 Å². The third-order valence-corrected chi connectivity index (χ3v) is 3.96. The minimum atomic E-state index is -0.461. The molecule has 0 amide bonds. The third kappa shape index (κ3) is 12.0. The molecule has 0 aromatic rings. The van der Waals surface area contributed by atoms with Gasteiger partial charge in [0.05, 0.1) is 19.3 Å². The van der Waals surface area contributed by atoms with Crippen LogP contribution in [-0.2, 0) is 0 Å². The molecular weight excluding hydrogens is 288 g/mol. The van der Waals surface area contributed by atoms with Gasteiger partial charge in [0.25, 0.3) is 0 Å². The van der Waals surface area contributed by atoms with Crippen molar-refractivity contribution in [1.29, 1.82) is 0 Å². The van der Waals surface area contributed by atoms with E-state index >= 15 is 0 Å². The van der Waals surface area contributed by atoms with Crippen molar-refractivity contribution in [3.63, 3.8) is 0 Å². The molecule has 0 heterocycles. The van der Waals surface area contributed by atoms with Crippen molar-refractivity contribution >= 4 is 0 Å². The van der Waals surface area contributed by atoms with Crippen molar-refractivity contribution in [3.05, 3.63) is 47.1 Å². The molecule has 3 nitrogen and oxygen atoms in total. The van der Waals surface area contributed by atoms with Crippen LogP contribution in [0.5, 0.6) is 0 Å². The van der Waals surface area contributed by atoms with Gasteiger partial charge in [-0.2, -0.15) is 0 Å². The Kier molecular flexibility index (Phi) is 12.6. The summed E-state index contributed by atoms with van der Waals surface area (Å²) >= 11 is 0. The SMILES string of the molecule is C=C(CCC=C(C)CO)C(O)CCC(C)=CCCC(C)=CCO. The summed E-state index contributed by atoms with van der Waals surface area (Å²) in [6, 6.07) is 0. The van der Waals surface area contributed by atoms with Crippen molar-refractivity contribution < 1.29 is 15.3 Å². The molecule has 0 saturated carbocycles. The van der Waals surface area contributed by atoms with Crippen LogP contribution < -0.4 is 0 Å². The van der Waals surface area contributed by atoms with Gasteiger partial charge < -0.3 is 15.3 Å². The molecule has 0 aromatic carbocycles. The van der Waals surface area contributed by atoms with E-state index in [2.05, 4.69) is 19.6 Å². The van der Waals surface area contributed by atoms with Crippen molar-refractivity contribution in [1.82, 2.24) is 0 Å². The molecule has 0 aliphatic carbocycles. The fraction of sp³-hybridized carbons (Fsp3) is 0.600. The number of hydrogen-bond donors (Lipinski definition) is 3. The van der Waals surface area contributed by atoms with Crippen molar-refractivity contribution in [2.75, 3.05) is 13.2 Å². The Balaban J connectivity index is 4.04.